The molecule has 8 heteroatoms. The number of nitrogens with zero attached hydrogens (tertiary/aromatic N) is 2. The summed E-state index contributed by atoms with van der Waals surface area (Å²) in [6.45, 7) is 2.34. The summed E-state index contributed by atoms with van der Waals surface area (Å²) >= 11 is 0. The molecule has 0 bridgehead atoms. The van der Waals surface area contributed by atoms with Gasteiger partial charge in [0.15, 0.2) is 0 Å². The molecule has 1 N–H and O–H groups in total. The van der Waals surface area contributed by atoms with E-state index in [9.17, 15) is 22.8 Å². The maximum Gasteiger partial charge on any atom is 0.241 e. The minimum Gasteiger partial charge on any atom is -0.352 e. The average molecular weight is 460 g/mol. The fraction of sp³-hybridized carbons (Fsp3) is 0.360. The van der Waals surface area contributed by atoms with Crippen LogP contribution in [0.5, 0.6) is 0 Å². The van der Waals surface area contributed by atoms with Gasteiger partial charge < -0.3 is 14.8 Å². The number of nitrogens with one attached hydrogen (secondary N) is 1. The zero-order chi connectivity index (χ0) is 24.3. The minimum atomic E-state index is -0.640. The van der Waals surface area contributed by atoms with Gasteiger partial charge in [0.2, 0.25) is 11.8 Å². The number of halogens is 3. The van der Waals surface area contributed by atoms with Crippen molar-refractivity contribution in [2.75, 3.05) is 27.7 Å². The molecular formula is C25H28F3N3O2. The van der Waals surface area contributed by atoms with Gasteiger partial charge in [0.1, 0.15) is 17.5 Å². The first-order chi connectivity index (χ1) is 15.5. The van der Waals surface area contributed by atoms with E-state index < -0.39 is 11.6 Å². The van der Waals surface area contributed by atoms with Crippen LogP contribution in [0.1, 0.15) is 19.8 Å². The Bertz CT molecular complexity index is 1140. The Hall–Kier alpha value is -3.29. The number of fused-ring (bicyclic) bond motifs is 1. The molecule has 2 aromatic carbocycles. The van der Waals surface area contributed by atoms with E-state index >= 15 is 0 Å². The number of hydrogen-bond acceptors (Lipinski definition) is 2. The first kappa shape index (κ1) is 24.4. The standard InChI is InChI=1S/C14H8F3N.C11H20N2O2/c15-10-3-1-8(2-4-10)13-6-9-5-11(16)7-12(17)14(9)18-13;1-8-5-9(6-8)11(15)13(4)7-10(14)12(2)3/h1-7,18H;8-9H,5-7H2,1-4H3. The summed E-state index contributed by atoms with van der Waals surface area (Å²) in [4.78, 5) is 29.1. The Morgan fingerprint density at radius 3 is 2.18 bits per heavy atom. The van der Waals surface area contributed by atoms with Gasteiger partial charge in [0.25, 0.3) is 0 Å². The van der Waals surface area contributed by atoms with Crippen molar-refractivity contribution in [2.45, 2.75) is 19.8 Å². The van der Waals surface area contributed by atoms with Gasteiger partial charge in [0.05, 0.1) is 12.1 Å². The summed E-state index contributed by atoms with van der Waals surface area (Å²) in [7, 11) is 5.10. The van der Waals surface area contributed by atoms with Gasteiger partial charge in [-0.05, 0) is 60.7 Å². The number of amides is 2. The summed E-state index contributed by atoms with van der Waals surface area (Å²) in [5.74, 6) is -0.700. The molecule has 1 saturated carbocycles. The van der Waals surface area contributed by atoms with E-state index in [0.717, 1.165) is 18.9 Å². The third-order valence-electron chi connectivity index (χ3n) is 5.77. The first-order valence-corrected chi connectivity index (χ1v) is 10.7. The summed E-state index contributed by atoms with van der Waals surface area (Å²) in [6.07, 6.45) is 1.94. The second kappa shape index (κ2) is 10.1. The lowest BCUT2D eigenvalue weighted by Crippen LogP contribution is -2.43. The SMILES string of the molecule is CC1CC(C(=O)N(C)CC(=O)N(C)C)C1.Fc1ccc(-c2cc3cc(F)cc(F)c3[nH]2)cc1. The third kappa shape index (κ3) is 5.94. The fourth-order valence-corrected chi connectivity index (χ4v) is 3.79. The lowest BCUT2D eigenvalue weighted by Gasteiger charge is -2.34. The molecule has 1 aromatic heterocycles. The molecule has 0 unspecified atom stereocenters. The van der Waals surface area contributed by atoms with Gasteiger partial charge in [-0.15, -0.1) is 0 Å². The fourth-order valence-electron chi connectivity index (χ4n) is 3.79. The van der Waals surface area contributed by atoms with Crippen LogP contribution in [-0.4, -0.2) is 54.3 Å². The molecule has 5 nitrogen and oxygen atoms in total. The van der Waals surface area contributed by atoms with Crippen LogP contribution >= 0.6 is 0 Å². The van der Waals surface area contributed by atoms with Gasteiger partial charge in [-0.25, -0.2) is 13.2 Å². The highest BCUT2D eigenvalue weighted by atomic mass is 19.1. The molecule has 0 radical (unpaired) electrons. The van der Waals surface area contributed by atoms with Crippen molar-refractivity contribution < 1.29 is 22.8 Å². The van der Waals surface area contributed by atoms with E-state index in [4.69, 9.17) is 0 Å². The second-order valence-electron chi connectivity index (χ2n) is 8.80. The van der Waals surface area contributed by atoms with Gasteiger partial charge in [-0.1, -0.05) is 6.92 Å². The lowest BCUT2D eigenvalue weighted by molar-refractivity contribution is -0.143. The molecule has 176 valence electrons. The normalized spacial score (nSPS) is 17.1. The van der Waals surface area contributed by atoms with Crippen molar-refractivity contribution in [2.24, 2.45) is 11.8 Å². The van der Waals surface area contributed by atoms with Crippen LogP contribution in [0.25, 0.3) is 22.2 Å². The highest BCUT2D eigenvalue weighted by Crippen LogP contribution is 2.34. The monoisotopic (exact) mass is 459 g/mol. The first-order valence-electron chi connectivity index (χ1n) is 10.7. The Morgan fingerprint density at radius 2 is 1.61 bits per heavy atom. The third-order valence-corrected chi connectivity index (χ3v) is 5.77. The number of benzene rings is 2. The highest BCUT2D eigenvalue weighted by molar-refractivity contribution is 5.87. The molecule has 0 saturated heterocycles. The molecule has 1 fully saturated rings. The average Bonchev–Trinajstić information content (AvgIpc) is 3.16. The number of carbonyl (C=O) groups is 2. The number of carbonyl (C=O) groups excluding carboxylic acids is 2. The maximum atomic E-state index is 13.5. The quantitative estimate of drug-likeness (QED) is 0.608. The molecule has 1 aliphatic carbocycles. The smallest absolute Gasteiger partial charge is 0.241 e. The van der Waals surface area contributed by atoms with E-state index in [2.05, 4.69) is 11.9 Å². The van der Waals surface area contributed by atoms with Crippen LogP contribution in [0.15, 0.2) is 42.5 Å². The molecular weight excluding hydrogens is 431 g/mol. The van der Waals surface area contributed by atoms with Gasteiger partial charge in [-0.3, -0.25) is 9.59 Å². The van der Waals surface area contributed by atoms with Gasteiger partial charge >= 0.3 is 0 Å². The molecule has 0 atom stereocenters. The number of likely N-dealkylation sites (N-methyl/N-ethyl adjacent to an activating group) is 2. The molecule has 33 heavy (non-hydrogen) atoms. The van der Waals surface area contributed by atoms with Crippen molar-refractivity contribution in [3.63, 3.8) is 0 Å². The number of aromatic nitrogens is 1. The minimum absolute atomic E-state index is 0.0294. The number of H-pyrrole nitrogens is 1. The topological polar surface area (TPSA) is 56.4 Å². The zero-order valence-electron chi connectivity index (χ0n) is 19.2. The predicted molar refractivity (Wildman–Crippen MR) is 122 cm³/mol. The van der Waals surface area contributed by atoms with Crippen LogP contribution in [0.2, 0.25) is 0 Å². The molecule has 1 heterocycles. The van der Waals surface area contributed by atoms with E-state index in [0.29, 0.717) is 22.6 Å². The van der Waals surface area contributed by atoms with E-state index in [1.807, 2.05) is 0 Å². The van der Waals surface area contributed by atoms with Crippen LogP contribution in [-0.2, 0) is 9.59 Å². The summed E-state index contributed by atoms with van der Waals surface area (Å²) in [5, 5.41) is 0.451. The Labute approximate surface area is 191 Å². The van der Waals surface area contributed by atoms with Crippen LogP contribution in [0.4, 0.5) is 13.2 Å². The van der Waals surface area contributed by atoms with Gasteiger partial charge in [0, 0.05) is 44.2 Å². The summed E-state index contributed by atoms with van der Waals surface area (Å²) < 4.78 is 39.4. The Balaban J connectivity index is 0.000000190. The number of rotatable bonds is 4. The molecule has 4 rings (SSSR count). The Morgan fingerprint density at radius 1 is 0.970 bits per heavy atom. The predicted octanol–water partition coefficient (Wildman–Crippen LogP) is 4.83. The van der Waals surface area contributed by atoms with Crippen molar-refractivity contribution >= 4 is 22.7 Å². The maximum absolute atomic E-state index is 13.5. The number of hydrogen-bond donors (Lipinski definition) is 1. The van der Waals surface area contributed by atoms with E-state index in [1.165, 1.54) is 23.1 Å². The van der Waals surface area contributed by atoms with Crippen LogP contribution < -0.4 is 0 Å². The van der Waals surface area contributed by atoms with E-state index in [-0.39, 0.29) is 35.6 Å². The van der Waals surface area contributed by atoms with Gasteiger partial charge in [-0.2, -0.15) is 0 Å². The molecule has 0 spiro atoms. The molecule has 3 aromatic rings. The Kier molecular flexibility index (Phi) is 7.46. The lowest BCUT2D eigenvalue weighted by atomic mass is 9.75. The van der Waals surface area contributed by atoms with Crippen LogP contribution in [0.3, 0.4) is 0 Å². The number of aromatic amines is 1. The molecule has 0 aliphatic heterocycles. The molecule has 1 aliphatic rings. The zero-order valence-corrected chi connectivity index (χ0v) is 19.2. The molecule has 2 amide bonds. The van der Waals surface area contributed by atoms with Crippen molar-refractivity contribution in [1.82, 2.24) is 14.8 Å². The summed E-state index contributed by atoms with van der Waals surface area (Å²) in [5.41, 5.74) is 1.58. The largest absolute Gasteiger partial charge is 0.352 e. The summed E-state index contributed by atoms with van der Waals surface area (Å²) in [6, 6.07) is 9.50. The van der Waals surface area contributed by atoms with Crippen LogP contribution in [0, 0.1) is 29.3 Å². The van der Waals surface area contributed by atoms with E-state index in [1.54, 1.807) is 44.2 Å². The van der Waals surface area contributed by atoms with Crippen molar-refractivity contribution in [3.8, 4) is 11.3 Å². The highest BCUT2D eigenvalue weighted by Gasteiger charge is 2.33. The van der Waals surface area contributed by atoms with Crippen molar-refractivity contribution in [3.05, 3.63) is 59.9 Å². The second-order valence-corrected chi connectivity index (χ2v) is 8.80. The van der Waals surface area contributed by atoms with Crippen molar-refractivity contribution in [1.29, 1.82) is 0 Å².